The summed E-state index contributed by atoms with van der Waals surface area (Å²) in [6, 6.07) is 10.2. The Morgan fingerprint density at radius 3 is 2.96 bits per heavy atom. The van der Waals surface area contributed by atoms with Crippen molar-refractivity contribution >= 4 is 17.5 Å². The van der Waals surface area contributed by atoms with Gasteiger partial charge in [0.2, 0.25) is 0 Å². The van der Waals surface area contributed by atoms with Gasteiger partial charge >= 0.3 is 0 Å². The van der Waals surface area contributed by atoms with E-state index in [-0.39, 0.29) is 11.7 Å². The number of hydrogen-bond donors (Lipinski definition) is 0. The molecule has 0 bridgehead atoms. The molecule has 0 spiro atoms. The van der Waals surface area contributed by atoms with Crippen LogP contribution < -0.4 is 0 Å². The van der Waals surface area contributed by atoms with Crippen LogP contribution in [0.5, 0.6) is 0 Å². The standard InChI is InChI=1S/C22H27ClFN3O/c1-2-27(22(28)19-8-10-25-21(23)14-19)16-18-6-4-11-26(15-18)12-9-17-5-3-7-20(24)13-17/h3,5,7-8,10,13-14,18H,2,4,6,9,11-12,15-16H2,1H3. The zero-order valence-corrected chi connectivity index (χ0v) is 17.0. The Kier molecular flexibility index (Phi) is 7.40. The molecule has 0 saturated carbocycles. The van der Waals surface area contributed by atoms with Gasteiger partial charge in [-0.25, -0.2) is 9.37 Å². The van der Waals surface area contributed by atoms with Gasteiger partial charge in [0.05, 0.1) is 0 Å². The van der Waals surface area contributed by atoms with Crippen LogP contribution in [0, 0.1) is 11.7 Å². The lowest BCUT2D eigenvalue weighted by molar-refractivity contribution is 0.0690. The second kappa shape index (κ2) is 9.99. The zero-order chi connectivity index (χ0) is 19.9. The predicted molar refractivity (Wildman–Crippen MR) is 110 cm³/mol. The number of carbonyl (C=O) groups is 1. The van der Waals surface area contributed by atoms with Gasteiger partial charge in [-0.05, 0) is 68.5 Å². The lowest BCUT2D eigenvalue weighted by Crippen LogP contribution is -2.43. The molecule has 1 atom stereocenters. The van der Waals surface area contributed by atoms with Crippen molar-refractivity contribution in [1.82, 2.24) is 14.8 Å². The maximum absolute atomic E-state index is 13.4. The molecule has 1 aromatic heterocycles. The van der Waals surface area contributed by atoms with Crippen LogP contribution >= 0.6 is 11.6 Å². The highest BCUT2D eigenvalue weighted by molar-refractivity contribution is 6.29. The van der Waals surface area contributed by atoms with Gasteiger partial charge in [0.1, 0.15) is 11.0 Å². The Morgan fingerprint density at radius 1 is 1.36 bits per heavy atom. The number of nitrogens with zero attached hydrogens (tertiary/aromatic N) is 3. The number of amides is 1. The summed E-state index contributed by atoms with van der Waals surface area (Å²) in [5.41, 5.74) is 1.61. The molecule has 4 nitrogen and oxygen atoms in total. The second-order valence-corrected chi connectivity index (χ2v) is 7.79. The Bertz CT molecular complexity index is 801. The van der Waals surface area contributed by atoms with Crippen LogP contribution in [0.2, 0.25) is 5.15 Å². The van der Waals surface area contributed by atoms with E-state index < -0.39 is 0 Å². The molecule has 0 N–H and O–H groups in total. The van der Waals surface area contributed by atoms with E-state index in [0.717, 1.165) is 51.0 Å². The number of aromatic nitrogens is 1. The van der Waals surface area contributed by atoms with Gasteiger partial charge in [-0.2, -0.15) is 0 Å². The van der Waals surface area contributed by atoms with E-state index in [4.69, 9.17) is 11.6 Å². The second-order valence-electron chi connectivity index (χ2n) is 7.40. The molecule has 1 aliphatic heterocycles. The minimum Gasteiger partial charge on any atom is -0.339 e. The summed E-state index contributed by atoms with van der Waals surface area (Å²) >= 11 is 5.93. The minimum atomic E-state index is -0.178. The summed E-state index contributed by atoms with van der Waals surface area (Å²) in [5.74, 6) is 0.272. The third-order valence-electron chi connectivity index (χ3n) is 5.33. The maximum Gasteiger partial charge on any atom is 0.254 e. The third-order valence-corrected chi connectivity index (χ3v) is 5.54. The van der Waals surface area contributed by atoms with Crippen LogP contribution in [-0.4, -0.2) is 53.4 Å². The largest absolute Gasteiger partial charge is 0.339 e. The molecule has 1 aromatic carbocycles. The number of piperidine rings is 1. The van der Waals surface area contributed by atoms with Crippen molar-refractivity contribution in [3.63, 3.8) is 0 Å². The van der Waals surface area contributed by atoms with Crippen molar-refractivity contribution in [3.8, 4) is 0 Å². The van der Waals surface area contributed by atoms with Gasteiger partial charge in [-0.3, -0.25) is 4.79 Å². The van der Waals surface area contributed by atoms with Crippen molar-refractivity contribution in [2.24, 2.45) is 5.92 Å². The van der Waals surface area contributed by atoms with E-state index in [0.29, 0.717) is 23.2 Å². The van der Waals surface area contributed by atoms with Crippen molar-refractivity contribution < 1.29 is 9.18 Å². The van der Waals surface area contributed by atoms with Crippen molar-refractivity contribution in [2.75, 3.05) is 32.7 Å². The lowest BCUT2D eigenvalue weighted by atomic mass is 9.96. The number of benzene rings is 1. The van der Waals surface area contributed by atoms with E-state index in [9.17, 15) is 9.18 Å². The van der Waals surface area contributed by atoms with Crippen LogP contribution in [0.25, 0.3) is 0 Å². The molecule has 1 unspecified atom stereocenters. The molecule has 28 heavy (non-hydrogen) atoms. The topological polar surface area (TPSA) is 36.4 Å². The smallest absolute Gasteiger partial charge is 0.254 e. The summed E-state index contributed by atoms with van der Waals surface area (Å²) in [7, 11) is 0. The Morgan fingerprint density at radius 2 is 2.21 bits per heavy atom. The molecule has 1 saturated heterocycles. The average Bonchev–Trinajstić information content (AvgIpc) is 2.70. The molecule has 1 aliphatic rings. The molecular weight excluding hydrogens is 377 g/mol. The van der Waals surface area contributed by atoms with Gasteiger partial charge in [0, 0.05) is 37.9 Å². The fraction of sp³-hybridized carbons (Fsp3) is 0.455. The molecule has 6 heteroatoms. The maximum atomic E-state index is 13.4. The summed E-state index contributed by atoms with van der Waals surface area (Å²) in [4.78, 5) is 21.1. The molecule has 2 heterocycles. The first-order chi connectivity index (χ1) is 13.5. The normalized spacial score (nSPS) is 17.5. The third kappa shape index (κ3) is 5.76. The van der Waals surface area contributed by atoms with Crippen LogP contribution in [0.1, 0.15) is 35.7 Å². The first kappa shape index (κ1) is 20.7. The summed E-state index contributed by atoms with van der Waals surface area (Å²) < 4.78 is 13.4. The van der Waals surface area contributed by atoms with E-state index in [1.807, 2.05) is 17.9 Å². The highest BCUT2D eigenvalue weighted by Crippen LogP contribution is 2.20. The summed E-state index contributed by atoms with van der Waals surface area (Å²) in [6.45, 7) is 6.36. The Balaban J connectivity index is 1.54. The molecule has 3 rings (SSSR count). The lowest BCUT2D eigenvalue weighted by Gasteiger charge is -2.35. The highest BCUT2D eigenvalue weighted by Gasteiger charge is 2.24. The summed E-state index contributed by atoms with van der Waals surface area (Å²) in [5, 5.41) is 0.336. The monoisotopic (exact) mass is 403 g/mol. The number of pyridine rings is 1. The Labute approximate surface area is 171 Å². The first-order valence-electron chi connectivity index (χ1n) is 9.92. The molecule has 0 aliphatic carbocycles. The Hall–Kier alpha value is -1.98. The molecule has 150 valence electrons. The number of likely N-dealkylation sites (tertiary alicyclic amines) is 1. The van der Waals surface area contributed by atoms with Gasteiger partial charge in [-0.1, -0.05) is 23.7 Å². The molecule has 1 amide bonds. The number of carbonyl (C=O) groups excluding carboxylic acids is 1. The highest BCUT2D eigenvalue weighted by atomic mass is 35.5. The predicted octanol–water partition coefficient (Wildman–Crippen LogP) is 4.29. The van der Waals surface area contributed by atoms with Gasteiger partial charge in [-0.15, -0.1) is 0 Å². The fourth-order valence-electron chi connectivity index (χ4n) is 3.87. The van der Waals surface area contributed by atoms with Gasteiger partial charge in [0.25, 0.3) is 5.91 Å². The van der Waals surface area contributed by atoms with E-state index in [1.165, 1.54) is 6.07 Å². The fourth-order valence-corrected chi connectivity index (χ4v) is 4.04. The quantitative estimate of drug-likeness (QED) is 0.647. The first-order valence-corrected chi connectivity index (χ1v) is 10.3. The van der Waals surface area contributed by atoms with Crippen LogP contribution in [-0.2, 0) is 6.42 Å². The van der Waals surface area contributed by atoms with Crippen LogP contribution in [0.15, 0.2) is 42.6 Å². The van der Waals surface area contributed by atoms with E-state index in [1.54, 1.807) is 30.5 Å². The van der Waals surface area contributed by atoms with Crippen molar-refractivity contribution in [3.05, 3.63) is 64.7 Å². The van der Waals surface area contributed by atoms with E-state index in [2.05, 4.69) is 9.88 Å². The minimum absolute atomic E-state index is 0.00341. The summed E-state index contributed by atoms with van der Waals surface area (Å²) in [6.07, 6.45) is 4.66. The molecular formula is C22H27ClFN3O. The number of hydrogen-bond acceptors (Lipinski definition) is 3. The van der Waals surface area contributed by atoms with Crippen LogP contribution in [0.3, 0.4) is 0 Å². The average molecular weight is 404 g/mol. The number of rotatable bonds is 7. The molecule has 1 fully saturated rings. The number of halogens is 2. The zero-order valence-electron chi connectivity index (χ0n) is 16.3. The molecule has 2 aromatic rings. The molecule has 0 radical (unpaired) electrons. The van der Waals surface area contributed by atoms with Crippen LogP contribution in [0.4, 0.5) is 4.39 Å². The SMILES string of the molecule is CCN(CC1CCCN(CCc2cccc(F)c2)C1)C(=O)c1ccnc(Cl)c1. The van der Waals surface area contributed by atoms with Crippen molar-refractivity contribution in [1.29, 1.82) is 0 Å². The van der Waals surface area contributed by atoms with Gasteiger partial charge in [0.15, 0.2) is 0 Å². The van der Waals surface area contributed by atoms with Gasteiger partial charge < -0.3 is 9.80 Å². The van der Waals surface area contributed by atoms with Crippen molar-refractivity contribution in [2.45, 2.75) is 26.2 Å². The van der Waals surface area contributed by atoms with E-state index >= 15 is 0 Å².